The molecule has 4 heteroatoms. The van der Waals surface area contributed by atoms with Gasteiger partial charge in [0.1, 0.15) is 0 Å². The van der Waals surface area contributed by atoms with E-state index in [-0.39, 0.29) is 5.91 Å². The molecule has 15 heavy (non-hydrogen) atoms. The lowest BCUT2D eigenvalue weighted by molar-refractivity contribution is -0.120. The van der Waals surface area contributed by atoms with Gasteiger partial charge in [0.05, 0.1) is 0 Å². The molecule has 1 aromatic rings. The monoisotopic (exact) mass is 226 g/mol. The molecule has 1 heterocycles. The molecule has 0 fully saturated rings. The Hall–Kier alpha value is -0.870. The Bertz CT molecular complexity index is 272. The molecule has 0 aromatic carbocycles. The third-order valence-electron chi connectivity index (χ3n) is 2.16. The molecule has 0 aliphatic heterocycles. The van der Waals surface area contributed by atoms with Crippen LogP contribution in [-0.2, 0) is 11.2 Å². The molecular weight excluding hydrogens is 208 g/mol. The SMILES string of the molecule is CNC(=O)CCCNCCc1cccs1. The molecule has 0 atom stereocenters. The number of carbonyl (C=O) groups excluding carboxylic acids is 1. The quantitative estimate of drug-likeness (QED) is 0.690. The molecule has 84 valence electrons. The van der Waals surface area contributed by atoms with Crippen LogP contribution in [0.15, 0.2) is 17.5 Å². The van der Waals surface area contributed by atoms with E-state index in [1.165, 1.54) is 4.88 Å². The molecular formula is C11H18N2OS. The van der Waals surface area contributed by atoms with E-state index in [1.807, 2.05) is 0 Å². The first kappa shape index (κ1) is 12.2. The van der Waals surface area contributed by atoms with Gasteiger partial charge in [-0.3, -0.25) is 4.79 Å². The van der Waals surface area contributed by atoms with Crippen molar-refractivity contribution in [3.63, 3.8) is 0 Å². The third kappa shape index (κ3) is 5.54. The average Bonchev–Trinajstić information content (AvgIpc) is 2.75. The zero-order valence-corrected chi connectivity index (χ0v) is 9.90. The standard InChI is InChI=1S/C11H18N2OS/c1-12-11(14)5-2-7-13-8-6-10-4-3-9-15-10/h3-4,9,13H,2,5-8H2,1H3,(H,12,14). The van der Waals surface area contributed by atoms with Crippen LogP contribution in [0.3, 0.4) is 0 Å². The summed E-state index contributed by atoms with van der Waals surface area (Å²) in [5.74, 6) is 0.120. The summed E-state index contributed by atoms with van der Waals surface area (Å²) in [4.78, 5) is 12.3. The number of rotatable bonds is 7. The zero-order valence-electron chi connectivity index (χ0n) is 9.08. The van der Waals surface area contributed by atoms with Crippen molar-refractivity contribution in [2.24, 2.45) is 0 Å². The summed E-state index contributed by atoms with van der Waals surface area (Å²) in [7, 11) is 1.67. The van der Waals surface area contributed by atoms with Crippen molar-refractivity contribution < 1.29 is 4.79 Å². The van der Waals surface area contributed by atoms with Gasteiger partial charge in [-0.2, -0.15) is 0 Å². The van der Waals surface area contributed by atoms with E-state index in [0.717, 1.165) is 25.9 Å². The Morgan fingerprint density at radius 3 is 3.00 bits per heavy atom. The Labute approximate surface area is 94.9 Å². The summed E-state index contributed by atoms with van der Waals surface area (Å²) in [6.45, 7) is 1.91. The Morgan fingerprint density at radius 2 is 2.33 bits per heavy atom. The summed E-state index contributed by atoms with van der Waals surface area (Å²) >= 11 is 1.79. The minimum Gasteiger partial charge on any atom is -0.359 e. The van der Waals surface area contributed by atoms with Crippen molar-refractivity contribution in [1.29, 1.82) is 0 Å². The number of thiophene rings is 1. The molecule has 2 N–H and O–H groups in total. The molecule has 0 spiro atoms. The van der Waals surface area contributed by atoms with E-state index in [0.29, 0.717) is 6.42 Å². The van der Waals surface area contributed by atoms with Crippen LogP contribution >= 0.6 is 11.3 Å². The van der Waals surface area contributed by atoms with E-state index in [1.54, 1.807) is 18.4 Å². The topological polar surface area (TPSA) is 41.1 Å². The van der Waals surface area contributed by atoms with E-state index < -0.39 is 0 Å². The van der Waals surface area contributed by atoms with E-state index in [4.69, 9.17) is 0 Å². The molecule has 1 rings (SSSR count). The second-order valence-electron chi connectivity index (χ2n) is 3.36. The van der Waals surface area contributed by atoms with Crippen LogP contribution < -0.4 is 10.6 Å². The van der Waals surface area contributed by atoms with Gasteiger partial charge in [-0.15, -0.1) is 11.3 Å². The molecule has 1 aromatic heterocycles. The highest BCUT2D eigenvalue weighted by Crippen LogP contribution is 2.07. The molecule has 1 amide bonds. The van der Waals surface area contributed by atoms with Crippen LogP contribution in [0.4, 0.5) is 0 Å². The summed E-state index contributed by atoms with van der Waals surface area (Å²) in [5, 5.41) is 8.04. The van der Waals surface area contributed by atoms with Gasteiger partial charge < -0.3 is 10.6 Å². The molecule has 0 unspecified atom stereocenters. The lowest BCUT2D eigenvalue weighted by Gasteiger charge is -2.03. The fraction of sp³-hybridized carbons (Fsp3) is 0.545. The highest BCUT2D eigenvalue weighted by Gasteiger charge is 1.97. The van der Waals surface area contributed by atoms with Crippen molar-refractivity contribution in [3.05, 3.63) is 22.4 Å². The molecule has 3 nitrogen and oxygen atoms in total. The fourth-order valence-corrected chi connectivity index (χ4v) is 2.00. The third-order valence-corrected chi connectivity index (χ3v) is 3.10. The van der Waals surface area contributed by atoms with Crippen LogP contribution in [-0.4, -0.2) is 26.0 Å². The Kier molecular flexibility index (Phi) is 6.04. The largest absolute Gasteiger partial charge is 0.359 e. The van der Waals surface area contributed by atoms with Crippen LogP contribution in [0.25, 0.3) is 0 Å². The number of hydrogen-bond acceptors (Lipinski definition) is 3. The van der Waals surface area contributed by atoms with Crippen molar-refractivity contribution in [1.82, 2.24) is 10.6 Å². The van der Waals surface area contributed by atoms with Crippen molar-refractivity contribution >= 4 is 17.2 Å². The second-order valence-corrected chi connectivity index (χ2v) is 4.39. The van der Waals surface area contributed by atoms with Gasteiger partial charge in [-0.1, -0.05) is 6.07 Å². The van der Waals surface area contributed by atoms with Crippen LogP contribution in [0.5, 0.6) is 0 Å². The second kappa shape index (κ2) is 7.43. The normalized spacial score (nSPS) is 10.2. The Morgan fingerprint density at radius 1 is 1.47 bits per heavy atom. The van der Waals surface area contributed by atoms with Crippen LogP contribution in [0, 0.1) is 0 Å². The number of hydrogen-bond donors (Lipinski definition) is 2. The summed E-state index contributed by atoms with van der Waals surface area (Å²) < 4.78 is 0. The van der Waals surface area contributed by atoms with Gasteiger partial charge >= 0.3 is 0 Å². The van der Waals surface area contributed by atoms with Crippen LogP contribution in [0.2, 0.25) is 0 Å². The fourth-order valence-electron chi connectivity index (χ4n) is 1.29. The maximum absolute atomic E-state index is 10.9. The minimum absolute atomic E-state index is 0.120. The first-order valence-electron chi connectivity index (χ1n) is 5.26. The zero-order chi connectivity index (χ0) is 10.9. The van der Waals surface area contributed by atoms with E-state index in [2.05, 4.69) is 28.1 Å². The highest BCUT2D eigenvalue weighted by atomic mass is 32.1. The number of amides is 1. The van der Waals surface area contributed by atoms with Gasteiger partial charge in [0.15, 0.2) is 0 Å². The highest BCUT2D eigenvalue weighted by molar-refractivity contribution is 7.09. The summed E-state index contributed by atoms with van der Waals surface area (Å²) in [6.07, 6.45) is 2.60. The first-order chi connectivity index (χ1) is 7.33. The molecule has 0 saturated carbocycles. The van der Waals surface area contributed by atoms with Gasteiger partial charge in [0.25, 0.3) is 0 Å². The first-order valence-corrected chi connectivity index (χ1v) is 6.14. The van der Waals surface area contributed by atoms with E-state index in [9.17, 15) is 4.79 Å². The Balaban J connectivity index is 1.91. The van der Waals surface area contributed by atoms with Crippen molar-refractivity contribution in [3.8, 4) is 0 Å². The predicted molar refractivity (Wildman–Crippen MR) is 64.2 cm³/mol. The van der Waals surface area contributed by atoms with Gasteiger partial charge in [-0.25, -0.2) is 0 Å². The predicted octanol–water partition coefficient (Wildman–Crippen LogP) is 1.41. The summed E-state index contributed by atoms with van der Waals surface area (Å²) in [6, 6.07) is 4.22. The van der Waals surface area contributed by atoms with Crippen LogP contribution in [0.1, 0.15) is 17.7 Å². The van der Waals surface area contributed by atoms with Crippen molar-refractivity contribution in [2.45, 2.75) is 19.3 Å². The minimum atomic E-state index is 0.120. The lowest BCUT2D eigenvalue weighted by Crippen LogP contribution is -2.22. The van der Waals surface area contributed by atoms with Gasteiger partial charge in [0, 0.05) is 18.3 Å². The average molecular weight is 226 g/mol. The molecule has 0 bridgehead atoms. The molecule has 0 aliphatic carbocycles. The maximum atomic E-state index is 10.9. The number of nitrogens with one attached hydrogen (secondary N) is 2. The maximum Gasteiger partial charge on any atom is 0.219 e. The molecule has 0 aliphatic rings. The molecule has 0 radical (unpaired) electrons. The van der Waals surface area contributed by atoms with Gasteiger partial charge in [-0.05, 0) is 37.4 Å². The smallest absolute Gasteiger partial charge is 0.219 e. The summed E-state index contributed by atoms with van der Waals surface area (Å²) in [5.41, 5.74) is 0. The van der Waals surface area contributed by atoms with E-state index >= 15 is 0 Å². The molecule has 0 saturated heterocycles. The van der Waals surface area contributed by atoms with Crippen molar-refractivity contribution in [2.75, 3.05) is 20.1 Å². The lowest BCUT2D eigenvalue weighted by atomic mass is 10.3. The number of carbonyl (C=O) groups is 1. The van der Waals surface area contributed by atoms with Gasteiger partial charge in [0.2, 0.25) is 5.91 Å².